The van der Waals surface area contributed by atoms with Crippen LogP contribution in [0, 0.1) is 0 Å². The number of benzene rings is 1. The van der Waals surface area contributed by atoms with Crippen LogP contribution in [0.3, 0.4) is 0 Å². The standard InChI is InChI=1S/C13H19NO5S/c1-9-11(5-6-19-9)14-20(16,17)13-7-10(8-15)3-4-12(13)18-2/h3-4,7,9,11,14-15H,5-6,8H2,1-2H3. The molecule has 1 aromatic rings. The van der Waals surface area contributed by atoms with Crippen molar-refractivity contribution in [3.8, 4) is 5.75 Å². The van der Waals surface area contributed by atoms with E-state index in [0.29, 0.717) is 18.6 Å². The highest BCUT2D eigenvalue weighted by Crippen LogP contribution is 2.26. The highest BCUT2D eigenvalue weighted by atomic mass is 32.2. The third-order valence-corrected chi connectivity index (χ3v) is 4.89. The highest BCUT2D eigenvalue weighted by molar-refractivity contribution is 7.89. The van der Waals surface area contributed by atoms with Gasteiger partial charge < -0.3 is 14.6 Å². The minimum absolute atomic E-state index is 0.0330. The van der Waals surface area contributed by atoms with E-state index in [1.54, 1.807) is 6.07 Å². The van der Waals surface area contributed by atoms with Crippen molar-refractivity contribution in [2.24, 2.45) is 0 Å². The molecular weight excluding hydrogens is 282 g/mol. The number of hydrogen-bond donors (Lipinski definition) is 2. The van der Waals surface area contributed by atoms with E-state index in [9.17, 15) is 8.42 Å². The van der Waals surface area contributed by atoms with Crippen LogP contribution in [-0.4, -0.2) is 39.4 Å². The molecule has 112 valence electrons. The van der Waals surface area contributed by atoms with Crippen LogP contribution in [-0.2, 0) is 21.4 Å². The molecule has 2 atom stereocenters. The van der Waals surface area contributed by atoms with Crippen molar-refractivity contribution in [2.75, 3.05) is 13.7 Å². The predicted octanol–water partition coefficient (Wildman–Crippen LogP) is 0.643. The highest BCUT2D eigenvalue weighted by Gasteiger charge is 2.30. The first-order chi connectivity index (χ1) is 9.47. The lowest BCUT2D eigenvalue weighted by atomic mass is 10.2. The van der Waals surface area contributed by atoms with E-state index in [1.165, 1.54) is 19.2 Å². The van der Waals surface area contributed by atoms with Gasteiger partial charge in [-0.1, -0.05) is 6.07 Å². The second kappa shape index (κ2) is 6.09. The average Bonchev–Trinajstić information content (AvgIpc) is 2.83. The number of aliphatic hydroxyl groups excluding tert-OH is 1. The first kappa shape index (κ1) is 15.2. The maximum absolute atomic E-state index is 12.5. The van der Waals surface area contributed by atoms with Gasteiger partial charge in [0.05, 0.1) is 25.9 Å². The van der Waals surface area contributed by atoms with Gasteiger partial charge in [0.2, 0.25) is 10.0 Å². The van der Waals surface area contributed by atoms with Crippen LogP contribution in [0.5, 0.6) is 5.75 Å². The zero-order valence-electron chi connectivity index (χ0n) is 11.5. The van der Waals surface area contributed by atoms with Crippen LogP contribution < -0.4 is 9.46 Å². The molecule has 1 aliphatic rings. The van der Waals surface area contributed by atoms with E-state index in [-0.39, 0.29) is 29.4 Å². The Morgan fingerprint density at radius 2 is 2.25 bits per heavy atom. The number of nitrogens with one attached hydrogen (secondary N) is 1. The maximum Gasteiger partial charge on any atom is 0.244 e. The first-order valence-electron chi connectivity index (χ1n) is 6.39. The molecule has 2 rings (SSSR count). The quantitative estimate of drug-likeness (QED) is 0.834. The van der Waals surface area contributed by atoms with E-state index in [1.807, 2.05) is 6.92 Å². The topological polar surface area (TPSA) is 84.9 Å². The van der Waals surface area contributed by atoms with Crippen molar-refractivity contribution < 1.29 is 23.0 Å². The fraction of sp³-hybridized carbons (Fsp3) is 0.538. The van der Waals surface area contributed by atoms with Gasteiger partial charge in [0, 0.05) is 6.61 Å². The zero-order valence-corrected chi connectivity index (χ0v) is 12.3. The summed E-state index contributed by atoms with van der Waals surface area (Å²) in [7, 11) is -2.31. The third kappa shape index (κ3) is 3.12. The Morgan fingerprint density at radius 3 is 2.80 bits per heavy atom. The number of sulfonamides is 1. The molecule has 2 unspecified atom stereocenters. The van der Waals surface area contributed by atoms with Crippen molar-refractivity contribution >= 4 is 10.0 Å². The Bertz CT molecular complexity index is 572. The van der Waals surface area contributed by atoms with Crippen LogP contribution >= 0.6 is 0 Å². The fourth-order valence-electron chi connectivity index (χ4n) is 2.18. The monoisotopic (exact) mass is 301 g/mol. The van der Waals surface area contributed by atoms with Crippen molar-refractivity contribution in [2.45, 2.75) is 37.0 Å². The van der Waals surface area contributed by atoms with Gasteiger partial charge in [-0.3, -0.25) is 0 Å². The van der Waals surface area contributed by atoms with Gasteiger partial charge in [0.15, 0.2) is 0 Å². The molecule has 6 nitrogen and oxygen atoms in total. The van der Waals surface area contributed by atoms with Crippen LogP contribution in [0.4, 0.5) is 0 Å². The van der Waals surface area contributed by atoms with E-state index < -0.39 is 10.0 Å². The second-order valence-electron chi connectivity index (χ2n) is 4.74. The third-order valence-electron chi connectivity index (χ3n) is 3.38. The summed E-state index contributed by atoms with van der Waals surface area (Å²) < 4.78 is 38.0. The van der Waals surface area contributed by atoms with E-state index in [4.69, 9.17) is 14.6 Å². The minimum Gasteiger partial charge on any atom is -0.495 e. The van der Waals surface area contributed by atoms with E-state index in [0.717, 1.165) is 0 Å². The Balaban J connectivity index is 2.32. The summed E-state index contributed by atoms with van der Waals surface area (Å²) >= 11 is 0. The Kier molecular flexibility index (Phi) is 4.64. The normalized spacial score (nSPS) is 22.9. The van der Waals surface area contributed by atoms with Crippen LogP contribution in [0.1, 0.15) is 18.9 Å². The SMILES string of the molecule is COc1ccc(CO)cc1S(=O)(=O)NC1CCOC1C. The molecule has 0 aromatic heterocycles. The van der Waals surface area contributed by atoms with Gasteiger partial charge in [-0.05, 0) is 31.0 Å². The van der Waals surface area contributed by atoms with E-state index >= 15 is 0 Å². The molecule has 1 saturated heterocycles. The number of aliphatic hydroxyl groups is 1. The Hall–Kier alpha value is -1.15. The van der Waals surface area contributed by atoms with Gasteiger partial charge in [-0.2, -0.15) is 0 Å². The summed E-state index contributed by atoms with van der Waals surface area (Å²) in [6.07, 6.45) is 0.486. The maximum atomic E-state index is 12.5. The molecule has 20 heavy (non-hydrogen) atoms. The van der Waals surface area contributed by atoms with Crippen LogP contribution in [0.25, 0.3) is 0 Å². The Morgan fingerprint density at radius 1 is 1.50 bits per heavy atom. The van der Waals surface area contributed by atoms with Gasteiger partial charge >= 0.3 is 0 Å². The Labute approximate surface area is 118 Å². The van der Waals surface area contributed by atoms with Crippen molar-refractivity contribution in [1.29, 1.82) is 0 Å². The summed E-state index contributed by atoms with van der Waals surface area (Å²) in [4.78, 5) is 0.0330. The first-order valence-corrected chi connectivity index (χ1v) is 7.88. The molecule has 0 radical (unpaired) electrons. The van der Waals surface area contributed by atoms with Crippen molar-refractivity contribution in [3.63, 3.8) is 0 Å². The molecule has 0 saturated carbocycles. The van der Waals surface area contributed by atoms with Crippen molar-refractivity contribution in [3.05, 3.63) is 23.8 Å². The molecule has 0 aliphatic carbocycles. The largest absolute Gasteiger partial charge is 0.495 e. The summed E-state index contributed by atoms with van der Waals surface area (Å²) in [6.45, 7) is 2.15. The molecule has 0 bridgehead atoms. The number of methoxy groups -OCH3 is 1. The van der Waals surface area contributed by atoms with Gasteiger partial charge in [-0.15, -0.1) is 0 Å². The van der Waals surface area contributed by atoms with Gasteiger partial charge in [0.1, 0.15) is 10.6 Å². The second-order valence-corrected chi connectivity index (χ2v) is 6.42. The molecule has 1 fully saturated rings. The van der Waals surface area contributed by atoms with Crippen LogP contribution in [0.2, 0.25) is 0 Å². The molecule has 0 spiro atoms. The molecule has 7 heteroatoms. The minimum atomic E-state index is -3.72. The zero-order chi connectivity index (χ0) is 14.8. The lowest BCUT2D eigenvalue weighted by Gasteiger charge is -2.18. The van der Waals surface area contributed by atoms with Gasteiger partial charge in [0.25, 0.3) is 0 Å². The fourth-order valence-corrected chi connectivity index (χ4v) is 3.74. The predicted molar refractivity (Wildman–Crippen MR) is 73.1 cm³/mol. The smallest absolute Gasteiger partial charge is 0.244 e. The number of rotatable bonds is 5. The molecule has 2 N–H and O–H groups in total. The molecule has 1 heterocycles. The van der Waals surface area contributed by atoms with Gasteiger partial charge in [-0.25, -0.2) is 13.1 Å². The summed E-state index contributed by atoms with van der Waals surface area (Å²) in [6, 6.07) is 4.33. The lowest BCUT2D eigenvalue weighted by molar-refractivity contribution is 0.117. The molecule has 1 aromatic carbocycles. The average molecular weight is 301 g/mol. The number of ether oxygens (including phenoxy) is 2. The molecule has 0 amide bonds. The van der Waals surface area contributed by atoms with Crippen molar-refractivity contribution in [1.82, 2.24) is 4.72 Å². The van der Waals surface area contributed by atoms with Crippen LogP contribution in [0.15, 0.2) is 23.1 Å². The number of hydrogen-bond acceptors (Lipinski definition) is 5. The summed E-state index contributed by atoms with van der Waals surface area (Å²) in [5.74, 6) is 0.251. The van der Waals surface area contributed by atoms with E-state index in [2.05, 4.69) is 4.72 Å². The molecule has 1 aliphatic heterocycles. The summed E-state index contributed by atoms with van der Waals surface area (Å²) in [5, 5.41) is 9.14. The lowest BCUT2D eigenvalue weighted by Crippen LogP contribution is -2.39. The molecular formula is C13H19NO5S. The summed E-state index contributed by atoms with van der Waals surface area (Å²) in [5.41, 5.74) is 0.516.